The summed E-state index contributed by atoms with van der Waals surface area (Å²) in [4.78, 5) is 4.31. The molecule has 2 N–H and O–H groups in total. The van der Waals surface area contributed by atoms with Gasteiger partial charge in [0.05, 0.1) is 6.20 Å². The predicted octanol–water partition coefficient (Wildman–Crippen LogP) is 2.44. The summed E-state index contributed by atoms with van der Waals surface area (Å²) in [6.45, 7) is 4.06. The Bertz CT molecular complexity index is 469. The molecule has 5 nitrogen and oxygen atoms in total. The maximum atomic E-state index is 4.31. The molecule has 1 heterocycles. The maximum absolute atomic E-state index is 4.31. The van der Waals surface area contributed by atoms with Gasteiger partial charge in [-0.25, -0.2) is 0 Å². The molecule has 2 rings (SSSR count). The Morgan fingerprint density at radius 1 is 1.12 bits per heavy atom. The van der Waals surface area contributed by atoms with E-state index in [1.165, 1.54) is 0 Å². The van der Waals surface area contributed by atoms with Gasteiger partial charge in [-0.3, -0.25) is 0 Å². The Hall–Kier alpha value is -2.17. The van der Waals surface area contributed by atoms with E-state index >= 15 is 0 Å². The zero-order valence-electron chi connectivity index (χ0n) is 9.88. The zero-order valence-corrected chi connectivity index (χ0v) is 9.88. The third kappa shape index (κ3) is 3.41. The van der Waals surface area contributed by atoms with Crippen molar-refractivity contribution in [1.82, 2.24) is 15.2 Å². The summed E-state index contributed by atoms with van der Waals surface area (Å²) in [6.07, 6.45) is 1.60. The summed E-state index contributed by atoms with van der Waals surface area (Å²) in [7, 11) is 0. The highest BCUT2D eigenvalue weighted by atomic mass is 15.3. The molecule has 1 aromatic heterocycles. The van der Waals surface area contributed by atoms with Gasteiger partial charge in [0.1, 0.15) is 0 Å². The van der Waals surface area contributed by atoms with Crippen molar-refractivity contribution in [1.29, 1.82) is 0 Å². The fourth-order valence-corrected chi connectivity index (χ4v) is 1.35. The molecule has 17 heavy (non-hydrogen) atoms. The Balaban J connectivity index is 2.11. The van der Waals surface area contributed by atoms with Crippen LogP contribution >= 0.6 is 0 Å². The van der Waals surface area contributed by atoms with Gasteiger partial charge >= 0.3 is 0 Å². The van der Waals surface area contributed by atoms with E-state index in [4.69, 9.17) is 0 Å². The summed E-state index contributed by atoms with van der Waals surface area (Å²) >= 11 is 0. The molecule has 88 valence electrons. The maximum Gasteiger partial charge on any atom is 0.244 e. The SMILES string of the molecule is CC(C)Nc1nncc(Nc2ccccc2)n1. The van der Waals surface area contributed by atoms with E-state index in [1.54, 1.807) is 6.20 Å². The van der Waals surface area contributed by atoms with Crippen molar-refractivity contribution in [2.24, 2.45) is 0 Å². The number of para-hydroxylation sites is 1. The van der Waals surface area contributed by atoms with E-state index in [2.05, 4.69) is 25.8 Å². The summed E-state index contributed by atoms with van der Waals surface area (Å²) in [5, 5.41) is 14.1. The van der Waals surface area contributed by atoms with Crippen molar-refractivity contribution in [3.05, 3.63) is 36.5 Å². The first-order valence-electron chi connectivity index (χ1n) is 5.52. The third-order valence-electron chi connectivity index (χ3n) is 2.02. The second-order valence-electron chi connectivity index (χ2n) is 3.96. The van der Waals surface area contributed by atoms with Crippen LogP contribution in [0.4, 0.5) is 17.5 Å². The average Bonchev–Trinajstić information content (AvgIpc) is 2.30. The lowest BCUT2D eigenvalue weighted by Crippen LogP contribution is -2.13. The van der Waals surface area contributed by atoms with Crippen molar-refractivity contribution in [3.63, 3.8) is 0 Å². The summed E-state index contributed by atoms with van der Waals surface area (Å²) in [5.74, 6) is 1.20. The van der Waals surface area contributed by atoms with Crippen LogP contribution < -0.4 is 10.6 Å². The minimum absolute atomic E-state index is 0.281. The molecule has 0 aliphatic heterocycles. The van der Waals surface area contributed by atoms with Crippen LogP contribution in [0.2, 0.25) is 0 Å². The van der Waals surface area contributed by atoms with Crippen molar-refractivity contribution >= 4 is 17.5 Å². The van der Waals surface area contributed by atoms with Gasteiger partial charge in [-0.1, -0.05) is 18.2 Å². The second kappa shape index (κ2) is 5.25. The topological polar surface area (TPSA) is 62.7 Å². The summed E-state index contributed by atoms with van der Waals surface area (Å²) < 4.78 is 0. The van der Waals surface area contributed by atoms with Gasteiger partial charge in [-0.05, 0) is 26.0 Å². The van der Waals surface area contributed by atoms with E-state index < -0.39 is 0 Å². The third-order valence-corrected chi connectivity index (χ3v) is 2.02. The van der Waals surface area contributed by atoms with Gasteiger partial charge in [-0.15, -0.1) is 5.10 Å². The first-order valence-corrected chi connectivity index (χ1v) is 5.52. The van der Waals surface area contributed by atoms with Crippen molar-refractivity contribution < 1.29 is 0 Å². The summed E-state index contributed by atoms with van der Waals surface area (Å²) in [6, 6.07) is 10.1. The lowest BCUT2D eigenvalue weighted by atomic mass is 10.3. The highest BCUT2D eigenvalue weighted by Gasteiger charge is 2.01. The fraction of sp³-hybridized carbons (Fsp3) is 0.250. The predicted molar refractivity (Wildman–Crippen MR) is 68.3 cm³/mol. The number of nitrogens with one attached hydrogen (secondary N) is 2. The van der Waals surface area contributed by atoms with Crippen LogP contribution in [0, 0.1) is 0 Å². The average molecular weight is 229 g/mol. The number of hydrogen-bond acceptors (Lipinski definition) is 5. The molecule has 0 spiro atoms. The second-order valence-corrected chi connectivity index (χ2v) is 3.96. The van der Waals surface area contributed by atoms with E-state index in [1.807, 2.05) is 44.2 Å². The molecule has 0 aliphatic rings. The molecule has 5 heteroatoms. The molecular weight excluding hydrogens is 214 g/mol. The Morgan fingerprint density at radius 2 is 1.88 bits per heavy atom. The van der Waals surface area contributed by atoms with Crippen LogP contribution in [0.1, 0.15) is 13.8 Å². The van der Waals surface area contributed by atoms with E-state index in [9.17, 15) is 0 Å². The molecule has 0 saturated heterocycles. The number of hydrogen-bond donors (Lipinski definition) is 2. The molecule has 0 radical (unpaired) electrons. The lowest BCUT2D eigenvalue weighted by Gasteiger charge is -2.09. The quantitative estimate of drug-likeness (QED) is 0.843. The molecule has 0 saturated carbocycles. The van der Waals surface area contributed by atoms with Crippen LogP contribution in [0.3, 0.4) is 0 Å². The number of rotatable bonds is 4. The minimum atomic E-state index is 0.281. The van der Waals surface area contributed by atoms with E-state index in [0.29, 0.717) is 11.8 Å². The molecule has 0 fully saturated rings. The van der Waals surface area contributed by atoms with Gasteiger partial charge in [0.15, 0.2) is 5.82 Å². The Morgan fingerprint density at radius 3 is 2.59 bits per heavy atom. The summed E-state index contributed by atoms with van der Waals surface area (Å²) in [5.41, 5.74) is 0.975. The monoisotopic (exact) mass is 229 g/mol. The van der Waals surface area contributed by atoms with Gasteiger partial charge in [0.2, 0.25) is 5.95 Å². The first kappa shape index (κ1) is 11.3. The van der Waals surface area contributed by atoms with Gasteiger partial charge < -0.3 is 10.6 Å². The van der Waals surface area contributed by atoms with E-state index in [-0.39, 0.29) is 6.04 Å². The molecule has 1 aromatic carbocycles. The lowest BCUT2D eigenvalue weighted by molar-refractivity contribution is 0.852. The smallest absolute Gasteiger partial charge is 0.244 e. The van der Waals surface area contributed by atoms with Crippen LogP contribution in [0.15, 0.2) is 36.5 Å². The number of anilines is 3. The molecule has 0 aliphatic carbocycles. The number of nitrogens with zero attached hydrogens (tertiary/aromatic N) is 3. The molecule has 0 amide bonds. The van der Waals surface area contributed by atoms with Crippen molar-refractivity contribution in [2.75, 3.05) is 10.6 Å². The zero-order chi connectivity index (χ0) is 12.1. The highest BCUT2D eigenvalue weighted by Crippen LogP contribution is 2.13. The van der Waals surface area contributed by atoms with Gasteiger partial charge in [0.25, 0.3) is 0 Å². The van der Waals surface area contributed by atoms with Gasteiger partial charge in [0, 0.05) is 11.7 Å². The number of aromatic nitrogens is 3. The fourth-order valence-electron chi connectivity index (χ4n) is 1.35. The first-order chi connectivity index (χ1) is 8.24. The molecule has 0 unspecified atom stereocenters. The minimum Gasteiger partial charge on any atom is -0.351 e. The van der Waals surface area contributed by atoms with Crippen molar-refractivity contribution in [2.45, 2.75) is 19.9 Å². The van der Waals surface area contributed by atoms with Crippen LogP contribution in [0.5, 0.6) is 0 Å². The highest BCUT2D eigenvalue weighted by molar-refractivity contribution is 5.55. The molecule has 2 aromatic rings. The van der Waals surface area contributed by atoms with Gasteiger partial charge in [-0.2, -0.15) is 10.1 Å². The van der Waals surface area contributed by atoms with Crippen LogP contribution in [0.25, 0.3) is 0 Å². The Labute approximate surface area is 100 Å². The standard InChI is InChI=1S/C12H15N5/c1-9(2)14-12-16-11(8-13-17-12)15-10-6-4-3-5-7-10/h3-9H,1-2H3,(H2,14,15,16,17). The van der Waals surface area contributed by atoms with E-state index in [0.717, 1.165) is 5.69 Å². The molecule has 0 bridgehead atoms. The normalized spacial score (nSPS) is 10.3. The largest absolute Gasteiger partial charge is 0.351 e. The van der Waals surface area contributed by atoms with Crippen LogP contribution in [-0.4, -0.2) is 21.2 Å². The molecular formula is C12H15N5. The number of benzene rings is 1. The Kier molecular flexibility index (Phi) is 3.49. The van der Waals surface area contributed by atoms with Crippen LogP contribution in [-0.2, 0) is 0 Å². The molecule has 0 atom stereocenters. The van der Waals surface area contributed by atoms with Crippen molar-refractivity contribution in [3.8, 4) is 0 Å².